The summed E-state index contributed by atoms with van der Waals surface area (Å²) in [5.41, 5.74) is -0.0773. The maximum atomic E-state index is 11.9. The minimum atomic E-state index is -1.29. The lowest BCUT2D eigenvalue weighted by molar-refractivity contribution is -0.222. The summed E-state index contributed by atoms with van der Waals surface area (Å²) < 4.78 is 9.97. The highest BCUT2D eigenvalue weighted by molar-refractivity contribution is 6.35. The number of carbonyl (C=O) groups is 2. The van der Waals surface area contributed by atoms with Gasteiger partial charge in [0.05, 0.1) is 10.4 Å². The summed E-state index contributed by atoms with van der Waals surface area (Å²) in [5, 5.41) is 4.17. The molecule has 0 spiro atoms. The van der Waals surface area contributed by atoms with E-state index in [1.165, 1.54) is 26.2 Å². The highest BCUT2D eigenvalue weighted by Gasteiger charge is 2.38. The van der Waals surface area contributed by atoms with Gasteiger partial charge in [-0.25, -0.2) is 9.59 Å². The highest BCUT2D eigenvalue weighted by atomic mass is 35.5. The molecule has 24 heavy (non-hydrogen) atoms. The smallest absolute Gasteiger partial charge is 0.350 e. The molecule has 3 rings (SSSR count). The second-order valence-corrected chi connectivity index (χ2v) is 6.01. The molecule has 2 N–H and O–H groups in total. The van der Waals surface area contributed by atoms with Crippen molar-refractivity contribution in [2.45, 2.75) is 19.6 Å². The number of benzene rings is 1. The van der Waals surface area contributed by atoms with Crippen molar-refractivity contribution in [1.82, 2.24) is 4.98 Å². The molecular formula is C16H13ClN2O5. The summed E-state index contributed by atoms with van der Waals surface area (Å²) in [5.74, 6) is -2.87. The molecule has 0 amide bonds. The third-order valence-electron chi connectivity index (χ3n) is 3.35. The number of ether oxygens (including phenoxy) is 2. The lowest BCUT2D eigenvalue weighted by atomic mass is 10.1. The molecule has 2 heterocycles. The minimum Gasteiger partial charge on any atom is -0.419 e. The zero-order chi connectivity index (χ0) is 17.5. The van der Waals surface area contributed by atoms with Gasteiger partial charge in [-0.15, -0.1) is 0 Å². The Morgan fingerprint density at radius 1 is 1.12 bits per heavy atom. The fourth-order valence-electron chi connectivity index (χ4n) is 2.25. The predicted molar refractivity (Wildman–Crippen MR) is 87.5 cm³/mol. The van der Waals surface area contributed by atoms with E-state index < -0.39 is 17.7 Å². The van der Waals surface area contributed by atoms with Crippen LogP contribution in [0.2, 0.25) is 5.02 Å². The molecule has 1 saturated heterocycles. The van der Waals surface area contributed by atoms with Gasteiger partial charge in [0.2, 0.25) is 0 Å². The number of aromatic nitrogens is 1. The van der Waals surface area contributed by atoms with Gasteiger partial charge in [-0.05, 0) is 12.1 Å². The summed E-state index contributed by atoms with van der Waals surface area (Å²) in [6.07, 6.45) is 2.59. The van der Waals surface area contributed by atoms with Crippen molar-refractivity contribution in [3.05, 3.63) is 51.5 Å². The monoisotopic (exact) mass is 348 g/mol. The number of H-pyrrole nitrogens is 1. The van der Waals surface area contributed by atoms with Crippen LogP contribution in [-0.4, -0.2) is 22.7 Å². The fraction of sp³-hybridized carbons (Fsp3) is 0.188. The maximum Gasteiger partial charge on any atom is 0.350 e. The summed E-state index contributed by atoms with van der Waals surface area (Å²) in [6, 6.07) is 4.88. The van der Waals surface area contributed by atoms with Gasteiger partial charge in [0, 0.05) is 37.3 Å². The lowest BCUT2D eigenvalue weighted by Gasteiger charge is -2.29. The molecule has 0 atom stereocenters. The van der Waals surface area contributed by atoms with Crippen LogP contribution in [0.5, 0.6) is 0 Å². The number of cyclic esters (lactones) is 2. The normalized spacial score (nSPS) is 16.5. The van der Waals surface area contributed by atoms with Crippen LogP contribution in [0.15, 0.2) is 41.0 Å². The number of anilines is 1. The highest BCUT2D eigenvalue weighted by Crippen LogP contribution is 2.24. The maximum absolute atomic E-state index is 11.9. The molecule has 1 aliphatic rings. The van der Waals surface area contributed by atoms with Crippen molar-refractivity contribution in [3.63, 3.8) is 0 Å². The Balaban J connectivity index is 1.91. The van der Waals surface area contributed by atoms with Crippen LogP contribution in [0.25, 0.3) is 10.8 Å². The standard InChI is InChI=1S/C16H13ClN2O5/c1-16(2)23-14(21)11(15(22)24-16)6-18-8-3-4-9-10(5-8)13(20)19-7-12(9)17/h3-7,18H,1-2H3,(H,19,20). The molecule has 2 aromatic rings. The number of nitrogens with one attached hydrogen (secondary N) is 2. The van der Waals surface area contributed by atoms with Crippen molar-refractivity contribution in [2.75, 3.05) is 5.32 Å². The fourth-order valence-corrected chi connectivity index (χ4v) is 2.47. The molecule has 0 aliphatic carbocycles. The van der Waals surface area contributed by atoms with Crippen LogP contribution in [-0.2, 0) is 19.1 Å². The molecule has 0 unspecified atom stereocenters. The molecule has 0 bridgehead atoms. The van der Waals surface area contributed by atoms with Gasteiger partial charge in [0.1, 0.15) is 0 Å². The quantitative estimate of drug-likeness (QED) is 0.491. The van der Waals surface area contributed by atoms with Gasteiger partial charge in [0.15, 0.2) is 5.57 Å². The van der Waals surface area contributed by atoms with Gasteiger partial charge < -0.3 is 19.8 Å². The topological polar surface area (TPSA) is 97.5 Å². The van der Waals surface area contributed by atoms with E-state index in [4.69, 9.17) is 21.1 Å². The van der Waals surface area contributed by atoms with Crippen molar-refractivity contribution < 1.29 is 19.1 Å². The van der Waals surface area contributed by atoms with Crippen molar-refractivity contribution in [3.8, 4) is 0 Å². The van der Waals surface area contributed by atoms with E-state index in [1.807, 2.05) is 0 Å². The molecular weight excluding hydrogens is 336 g/mol. The number of aromatic amines is 1. The summed E-state index contributed by atoms with van der Waals surface area (Å²) in [4.78, 5) is 38.1. The first-order valence-electron chi connectivity index (χ1n) is 7.01. The van der Waals surface area contributed by atoms with Crippen LogP contribution < -0.4 is 10.9 Å². The number of carbonyl (C=O) groups excluding carboxylic acids is 2. The van der Waals surface area contributed by atoms with Crippen LogP contribution in [0.1, 0.15) is 13.8 Å². The Hall–Kier alpha value is -2.80. The van der Waals surface area contributed by atoms with Crippen molar-refractivity contribution in [1.29, 1.82) is 0 Å². The van der Waals surface area contributed by atoms with Gasteiger partial charge in [-0.2, -0.15) is 0 Å². The second-order valence-electron chi connectivity index (χ2n) is 5.61. The average Bonchev–Trinajstić information content (AvgIpc) is 2.49. The predicted octanol–water partition coefficient (Wildman–Crippen LogP) is 2.31. The third-order valence-corrected chi connectivity index (χ3v) is 3.66. The molecule has 8 heteroatoms. The van der Waals surface area contributed by atoms with E-state index in [-0.39, 0.29) is 11.1 Å². The summed E-state index contributed by atoms with van der Waals surface area (Å²) in [7, 11) is 0. The molecule has 0 saturated carbocycles. The van der Waals surface area contributed by atoms with E-state index in [1.54, 1.807) is 18.2 Å². The largest absolute Gasteiger partial charge is 0.419 e. The molecule has 7 nitrogen and oxygen atoms in total. The number of pyridine rings is 1. The van der Waals surface area contributed by atoms with Crippen LogP contribution in [0, 0.1) is 0 Å². The number of halogens is 1. The van der Waals surface area contributed by atoms with E-state index in [0.717, 1.165) is 0 Å². The first-order chi connectivity index (χ1) is 11.3. The molecule has 1 aromatic heterocycles. The SMILES string of the molecule is CC1(C)OC(=O)C(=CNc2ccc3c(Cl)c[nH]c(=O)c3c2)C(=O)O1. The lowest BCUT2D eigenvalue weighted by Crippen LogP contribution is -2.42. The number of rotatable bonds is 2. The van der Waals surface area contributed by atoms with E-state index in [9.17, 15) is 14.4 Å². The molecule has 0 radical (unpaired) electrons. The molecule has 1 fully saturated rings. The van der Waals surface area contributed by atoms with Crippen LogP contribution in [0.3, 0.4) is 0 Å². The van der Waals surface area contributed by atoms with Gasteiger partial charge >= 0.3 is 11.9 Å². The van der Waals surface area contributed by atoms with Gasteiger partial charge in [-0.3, -0.25) is 4.79 Å². The van der Waals surface area contributed by atoms with Crippen LogP contribution in [0.4, 0.5) is 5.69 Å². The summed E-state index contributed by atoms with van der Waals surface area (Å²) in [6.45, 7) is 2.93. The Labute approximate surface area is 141 Å². The number of fused-ring (bicyclic) bond motifs is 1. The number of hydrogen-bond acceptors (Lipinski definition) is 6. The molecule has 1 aromatic carbocycles. The second kappa shape index (κ2) is 5.68. The Bertz CT molecular complexity index is 923. The number of hydrogen-bond donors (Lipinski definition) is 2. The Morgan fingerprint density at radius 3 is 2.46 bits per heavy atom. The van der Waals surface area contributed by atoms with Crippen molar-refractivity contribution >= 4 is 40.0 Å². The average molecular weight is 349 g/mol. The zero-order valence-corrected chi connectivity index (χ0v) is 13.6. The minimum absolute atomic E-state index is 0.269. The van der Waals surface area contributed by atoms with E-state index in [2.05, 4.69) is 10.3 Å². The first-order valence-corrected chi connectivity index (χ1v) is 7.39. The van der Waals surface area contributed by atoms with Gasteiger partial charge in [-0.1, -0.05) is 17.7 Å². The van der Waals surface area contributed by atoms with Crippen molar-refractivity contribution in [2.24, 2.45) is 0 Å². The van der Waals surface area contributed by atoms with Gasteiger partial charge in [0.25, 0.3) is 11.3 Å². The Kier molecular flexibility index (Phi) is 3.81. The van der Waals surface area contributed by atoms with E-state index in [0.29, 0.717) is 21.5 Å². The van der Waals surface area contributed by atoms with E-state index >= 15 is 0 Å². The Morgan fingerprint density at radius 2 is 1.79 bits per heavy atom. The first kappa shape index (κ1) is 16.1. The zero-order valence-electron chi connectivity index (χ0n) is 12.8. The molecule has 124 valence electrons. The third kappa shape index (κ3) is 2.98. The molecule has 1 aliphatic heterocycles. The summed E-state index contributed by atoms with van der Waals surface area (Å²) >= 11 is 6.02. The van der Waals surface area contributed by atoms with Crippen LogP contribution >= 0.6 is 11.6 Å². The number of esters is 2.